The number of amides is 1. The van der Waals surface area contributed by atoms with Crippen LogP contribution in [0.1, 0.15) is 16.8 Å². The lowest BCUT2D eigenvalue weighted by Gasteiger charge is -2.31. The van der Waals surface area contributed by atoms with E-state index in [9.17, 15) is 18.8 Å². The number of carboxylic acids is 1. The molecule has 0 unspecified atom stereocenters. The Hall–Kier alpha value is -2.78. The fourth-order valence-electron chi connectivity index (χ4n) is 2.88. The first-order valence-electron chi connectivity index (χ1n) is 7.98. The number of aromatic nitrogens is 1. The van der Waals surface area contributed by atoms with Gasteiger partial charge in [0.1, 0.15) is 18.5 Å². The van der Waals surface area contributed by atoms with E-state index in [0.717, 1.165) is 6.07 Å². The zero-order valence-corrected chi connectivity index (χ0v) is 13.7. The molecular formula is C17H17FN2O6. The van der Waals surface area contributed by atoms with Gasteiger partial charge in [-0.15, -0.1) is 0 Å². The highest BCUT2D eigenvalue weighted by Gasteiger charge is 2.29. The van der Waals surface area contributed by atoms with E-state index in [0.29, 0.717) is 18.5 Å². The number of carbonyl (C=O) groups excluding carboxylic acids is 1. The van der Waals surface area contributed by atoms with Gasteiger partial charge >= 0.3 is 5.97 Å². The average molecular weight is 364 g/mol. The number of carboxylic acid groups (broad SMARTS) is 1. The fraction of sp³-hybridized carbons (Fsp3) is 0.353. The van der Waals surface area contributed by atoms with Crippen LogP contribution in [0.5, 0.6) is 0 Å². The number of carbonyl (C=O) groups is 2. The zero-order chi connectivity index (χ0) is 18.7. The van der Waals surface area contributed by atoms with Crippen molar-refractivity contribution in [2.24, 2.45) is 0 Å². The molecule has 2 aromatic rings. The third-order valence-corrected chi connectivity index (χ3v) is 4.09. The van der Waals surface area contributed by atoms with E-state index in [1.54, 1.807) is 0 Å². The molecule has 0 aliphatic carbocycles. The van der Waals surface area contributed by atoms with Gasteiger partial charge in [0.2, 0.25) is 5.56 Å². The second-order valence-corrected chi connectivity index (χ2v) is 5.92. The lowest BCUT2D eigenvalue weighted by atomic mass is 10.0. The number of H-pyrrole nitrogens is 1. The summed E-state index contributed by atoms with van der Waals surface area (Å²) in [7, 11) is 0. The number of benzene rings is 1. The largest absolute Gasteiger partial charge is 0.480 e. The summed E-state index contributed by atoms with van der Waals surface area (Å²) in [5, 5.41) is 11.7. The van der Waals surface area contributed by atoms with Crippen molar-refractivity contribution in [2.45, 2.75) is 18.6 Å². The molecule has 1 fully saturated rings. The number of aromatic amines is 1. The maximum atomic E-state index is 13.6. The third-order valence-electron chi connectivity index (χ3n) is 4.09. The molecule has 9 heteroatoms. The summed E-state index contributed by atoms with van der Waals surface area (Å²) in [6.45, 7) is 0.00511. The van der Waals surface area contributed by atoms with Crippen LogP contribution in [-0.4, -0.2) is 53.9 Å². The van der Waals surface area contributed by atoms with Crippen LogP contribution < -0.4 is 10.9 Å². The summed E-state index contributed by atoms with van der Waals surface area (Å²) >= 11 is 0. The van der Waals surface area contributed by atoms with Gasteiger partial charge < -0.3 is 24.9 Å². The van der Waals surface area contributed by atoms with Crippen molar-refractivity contribution in [2.75, 3.05) is 19.8 Å². The fourth-order valence-corrected chi connectivity index (χ4v) is 2.88. The van der Waals surface area contributed by atoms with Crippen LogP contribution in [-0.2, 0) is 14.3 Å². The van der Waals surface area contributed by atoms with Gasteiger partial charge in [-0.3, -0.25) is 9.59 Å². The van der Waals surface area contributed by atoms with Gasteiger partial charge in [-0.25, -0.2) is 9.18 Å². The van der Waals surface area contributed by atoms with Crippen LogP contribution in [0.15, 0.2) is 29.1 Å². The van der Waals surface area contributed by atoms with Crippen LogP contribution >= 0.6 is 0 Å². The molecule has 2 heterocycles. The zero-order valence-electron chi connectivity index (χ0n) is 13.7. The Morgan fingerprint density at radius 2 is 2.19 bits per heavy atom. The van der Waals surface area contributed by atoms with E-state index in [1.165, 1.54) is 18.2 Å². The van der Waals surface area contributed by atoms with E-state index >= 15 is 0 Å². The molecule has 1 aliphatic heterocycles. The lowest BCUT2D eigenvalue weighted by Crippen LogP contribution is -2.50. The van der Waals surface area contributed by atoms with E-state index in [-0.39, 0.29) is 17.6 Å². The van der Waals surface area contributed by atoms with Gasteiger partial charge in [-0.2, -0.15) is 0 Å². The minimum atomic E-state index is -1.13. The molecule has 0 saturated carbocycles. The maximum Gasteiger partial charge on any atom is 0.329 e. The predicted octanol–water partition coefficient (Wildman–Crippen LogP) is 0.656. The first-order valence-corrected chi connectivity index (χ1v) is 7.98. The number of hydrogen-bond acceptors (Lipinski definition) is 5. The minimum absolute atomic E-state index is 0.0340. The standard InChI is InChI=1S/C17H17FN2O6/c18-9-1-2-12-10(5-9)11(6-15(21)19-12)17(24)20-13-3-4-25-7-14(13)26-8-16(22)23/h1-2,5-6,13-14H,3-4,7-8H2,(H,19,21)(H,20,24)(H,22,23)/t13-,14-/m1/s1. The number of rotatable bonds is 5. The Balaban J connectivity index is 1.84. The number of fused-ring (bicyclic) bond motifs is 1. The molecule has 138 valence electrons. The van der Waals surface area contributed by atoms with Crippen molar-refractivity contribution < 1.29 is 28.6 Å². The summed E-state index contributed by atoms with van der Waals surface area (Å²) in [5.41, 5.74) is -0.110. The predicted molar refractivity (Wildman–Crippen MR) is 88.6 cm³/mol. The number of halogens is 1. The monoisotopic (exact) mass is 364 g/mol. The molecule has 8 nitrogen and oxygen atoms in total. The second kappa shape index (κ2) is 7.63. The van der Waals surface area contributed by atoms with E-state index < -0.39 is 42.0 Å². The minimum Gasteiger partial charge on any atom is -0.480 e. The quantitative estimate of drug-likeness (QED) is 0.717. The van der Waals surface area contributed by atoms with Gasteiger partial charge in [0.25, 0.3) is 5.91 Å². The van der Waals surface area contributed by atoms with Crippen LogP contribution in [0.2, 0.25) is 0 Å². The number of aliphatic carboxylic acids is 1. The van der Waals surface area contributed by atoms with Crippen molar-refractivity contribution in [1.82, 2.24) is 10.3 Å². The second-order valence-electron chi connectivity index (χ2n) is 5.92. The normalized spacial score (nSPS) is 20.0. The Morgan fingerprint density at radius 3 is 2.96 bits per heavy atom. The summed E-state index contributed by atoms with van der Waals surface area (Å²) in [6, 6.07) is 4.36. The van der Waals surface area contributed by atoms with E-state index in [2.05, 4.69) is 10.3 Å². The molecule has 3 rings (SSSR count). The SMILES string of the molecule is O=C(O)CO[C@@H]1COCC[C@H]1NC(=O)c1cc(=O)[nH]c2ccc(F)cc12. The number of hydrogen-bond donors (Lipinski definition) is 3. The van der Waals surface area contributed by atoms with Crippen molar-refractivity contribution in [3.05, 3.63) is 46.0 Å². The molecule has 26 heavy (non-hydrogen) atoms. The Morgan fingerprint density at radius 1 is 1.38 bits per heavy atom. The van der Waals surface area contributed by atoms with Crippen LogP contribution in [0.3, 0.4) is 0 Å². The van der Waals surface area contributed by atoms with Gasteiger partial charge in [-0.1, -0.05) is 0 Å². The summed E-state index contributed by atoms with van der Waals surface area (Å²) in [5.74, 6) is -2.23. The summed E-state index contributed by atoms with van der Waals surface area (Å²) in [6.07, 6.45) is -0.209. The van der Waals surface area contributed by atoms with Crippen LogP contribution in [0, 0.1) is 5.82 Å². The number of nitrogens with one attached hydrogen (secondary N) is 2. The maximum absolute atomic E-state index is 13.6. The number of pyridine rings is 1. The molecule has 0 spiro atoms. The van der Waals surface area contributed by atoms with Crippen molar-refractivity contribution >= 4 is 22.8 Å². The van der Waals surface area contributed by atoms with Gasteiger partial charge in [0.15, 0.2) is 0 Å². The molecule has 1 aliphatic rings. The molecule has 1 aromatic heterocycles. The Labute approximate surface area is 146 Å². The molecule has 3 N–H and O–H groups in total. The van der Waals surface area contributed by atoms with E-state index in [4.69, 9.17) is 14.6 Å². The smallest absolute Gasteiger partial charge is 0.329 e. The highest BCUT2D eigenvalue weighted by molar-refractivity contribution is 6.06. The van der Waals surface area contributed by atoms with Crippen molar-refractivity contribution in [3.8, 4) is 0 Å². The Bertz CT molecular complexity index is 896. The van der Waals surface area contributed by atoms with Gasteiger partial charge in [-0.05, 0) is 24.6 Å². The summed E-state index contributed by atoms with van der Waals surface area (Å²) in [4.78, 5) is 37.7. The lowest BCUT2D eigenvalue weighted by molar-refractivity contribution is -0.148. The average Bonchev–Trinajstić information content (AvgIpc) is 2.60. The first kappa shape index (κ1) is 18.0. The highest BCUT2D eigenvalue weighted by Crippen LogP contribution is 2.18. The molecule has 1 amide bonds. The molecule has 1 aromatic carbocycles. The topological polar surface area (TPSA) is 118 Å². The number of ether oxygens (including phenoxy) is 2. The molecular weight excluding hydrogens is 347 g/mol. The van der Waals surface area contributed by atoms with Crippen LogP contribution in [0.25, 0.3) is 10.9 Å². The van der Waals surface area contributed by atoms with Gasteiger partial charge in [0.05, 0.1) is 18.2 Å². The Kier molecular flexibility index (Phi) is 5.29. The molecule has 1 saturated heterocycles. The van der Waals surface area contributed by atoms with Gasteiger partial charge in [0, 0.05) is 23.6 Å². The third kappa shape index (κ3) is 4.06. The van der Waals surface area contributed by atoms with Crippen molar-refractivity contribution in [3.63, 3.8) is 0 Å². The van der Waals surface area contributed by atoms with Crippen molar-refractivity contribution in [1.29, 1.82) is 0 Å². The molecule has 0 bridgehead atoms. The molecule has 2 atom stereocenters. The van der Waals surface area contributed by atoms with E-state index in [1.807, 2.05) is 0 Å². The summed E-state index contributed by atoms with van der Waals surface area (Å²) < 4.78 is 24.1. The molecule has 0 radical (unpaired) electrons. The van der Waals surface area contributed by atoms with Crippen LogP contribution in [0.4, 0.5) is 4.39 Å². The first-order chi connectivity index (χ1) is 12.4. The highest BCUT2D eigenvalue weighted by atomic mass is 19.1.